The molecule has 0 spiro atoms. The zero-order valence-electron chi connectivity index (χ0n) is 16.7. The van der Waals surface area contributed by atoms with E-state index in [1.165, 1.54) is 4.31 Å². The first-order chi connectivity index (χ1) is 13.3. The Bertz CT molecular complexity index is 901. The predicted octanol–water partition coefficient (Wildman–Crippen LogP) is 3.87. The largest absolute Gasteiger partial charge is 0.315 e. The molecule has 0 unspecified atom stereocenters. The Morgan fingerprint density at radius 2 is 1.57 bits per heavy atom. The second-order valence-electron chi connectivity index (χ2n) is 7.63. The number of amides is 1. The molecule has 0 N–H and O–H groups in total. The summed E-state index contributed by atoms with van der Waals surface area (Å²) < 4.78 is 27.4. The van der Waals surface area contributed by atoms with Gasteiger partial charge in [0.2, 0.25) is 15.9 Å². The number of hydrogen-bond donors (Lipinski definition) is 0. The first-order valence-electron chi connectivity index (χ1n) is 9.73. The first-order valence-corrected chi connectivity index (χ1v) is 11.2. The second-order valence-corrected chi connectivity index (χ2v) is 9.57. The molecule has 1 saturated heterocycles. The van der Waals surface area contributed by atoms with Crippen molar-refractivity contribution in [3.63, 3.8) is 0 Å². The van der Waals surface area contributed by atoms with Crippen LogP contribution in [0.2, 0.25) is 0 Å². The van der Waals surface area contributed by atoms with Crippen molar-refractivity contribution in [3.8, 4) is 0 Å². The highest BCUT2D eigenvalue weighted by Gasteiger charge is 2.33. The van der Waals surface area contributed by atoms with Crippen LogP contribution in [0.5, 0.6) is 0 Å². The molecule has 1 aliphatic rings. The molecule has 150 valence electrons. The quantitative estimate of drug-likeness (QED) is 0.765. The maximum Gasteiger partial charge on any atom is 0.243 e. The van der Waals surface area contributed by atoms with E-state index in [4.69, 9.17) is 0 Å². The zero-order valence-corrected chi connectivity index (χ0v) is 17.5. The number of carbonyl (C=O) groups excluding carboxylic acids is 1. The van der Waals surface area contributed by atoms with Gasteiger partial charge in [-0.05, 0) is 48.6 Å². The SMILES string of the molecule is CC(C)c1ccc(S(=O)(=O)N2CCC(C(=O)N(C)c3ccccc3)CC2)cc1. The van der Waals surface area contributed by atoms with E-state index in [9.17, 15) is 13.2 Å². The third-order valence-electron chi connectivity index (χ3n) is 5.46. The van der Waals surface area contributed by atoms with E-state index in [1.807, 2.05) is 42.5 Å². The van der Waals surface area contributed by atoms with Gasteiger partial charge >= 0.3 is 0 Å². The fourth-order valence-electron chi connectivity index (χ4n) is 3.57. The Morgan fingerprint density at radius 3 is 2.11 bits per heavy atom. The Kier molecular flexibility index (Phi) is 6.20. The smallest absolute Gasteiger partial charge is 0.243 e. The highest BCUT2D eigenvalue weighted by molar-refractivity contribution is 7.89. The van der Waals surface area contributed by atoms with Gasteiger partial charge in [0, 0.05) is 31.7 Å². The van der Waals surface area contributed by atoms with Crippen molar-refractivity contribution in [2.75, 3.05) is 25.0 Å². The maximum atomic E-state index is 12.9. The summed E-state index contributed by atoms with van der Waals surface area (Å²) >= 11 is 0. The minimum Gasteiger partial charge on any atom is -0.315 e. The van der Waals surface area contributed by atoms with Gasteiger partial charge in [-0.2, -0.15) is 4.31 Å². The van der Waals surface area contributed by atoms with Gasteiger partial charge in [-0.15, -0.1) is 0 Å². The fourth-order valence-corrected chi connectivity index (χ4v) is 5.04. The van der Waals surface area contributed by atoms with Crippen LogP contribution in [0.15, 0.2) is 59.5 Å². The Balaban J connectivity index is 1.65. The van der Waals surface area contributed by atoms with E-state index < -0.39 is 10.0 Å². The van der Waals surface area contributed by atoms with Gasteiger partial charge in [0.25, 0.3) is 0 Å². The van der Waals surface area contributed by atoms with Crippen molar-refractivity contribution < 1.29 is 13.2 Å². The molecule has 1 heterocycles. The topological polar surface area (TPSA) is 57.7 Å². The first kappa shape index (κ1) is 20.6. The van der Waals surface area contributed by atoms with Crippen LogP contribution >= 0.6 is 0 Å². The third kappa shape index (κ3) is 4.28. The van der Waals surface area contributed by atoms with Crippen molar-refractivity contribution in [3.05, 3.63) is 60.2 Å². The summed E-state index contributed by atoms with van der Waals surface area (Å²) in [6.07, 6.45) is 1.08. The van der Waals surface area contributed by atoms with Crippen molar-refractivity contribution in [2.24, 2.45) is 5.92 Å². The number of carbonyl (C=O) groups is 1. The molecule has 0 saturated carbocycles. The average Bonchev–Trinajstić information content (AvgIpc) is 2.73. The molecule has 3 rings (SSSR count). The number of sulfonamides is 1. The summed E-state index contributed by atoms with van der Waals surface area (Å²) in [4.78, 5) is 14.8. The predicted molar refractivity (Wildman–Crippen MR) is 112 cm³/mol. The van der Waals surface area contributed by atoms with E-state index in [1.54, 1.807) is 24.1 Å². The van der Waals surface area contributed by atoms with Crippen LogP contribution < -0.4 is 4.90 Å². The molecule has 1 aliphatic heterocycles. The summed E-state index contributed by atoms with van der Waals surface area (Å²) in [6.45, 7) is 4.90. The van der Waals surface area contributed by atoms with Gasteiger partial charge in [-0.1, -0.05) is 44.2 Å². The minimum absolute atomic E-state index is 0.0459. The number of piperidine rings is 1. The molecule has 0 bridgehead atoms. The number of hydrogen-bond acceptors (Lipinski definition) is 3. The molecule has 5 nitrogen and oxygen atoms in total. The van der Waals surface area contributed by atoms with Crippen molar-refractivity contribution in [1.82, 2.24) is 4.31 Å². The van der Waals surface area contributed by atoms with E-state index in [-0.39, 0.29) is 11.8 Å². The average molecular weight is 401 g/mol. The molecule has 0 radical (unpaired) electrons. The van der Waals surface area contributed by atoms with Crippen LogP contribution in [0.3, 0.4) is 0 Å². The molecule has 0 atom stereocenters. The lowest BCUT2D eigenvalue weighted by molar-refractivity contribution is -0.123. The van der Waals surface area contributed by atoms with Crippen molar-refractivity contribution >= 4 is 21.6 Å². The highest BCUT2D eigenvalue weighted by Crippen LogP contribution is 2.27. The lowest BCUT2D eigenvalue weighted by atomic mass is 9.96. The lowest BCUT2D eigenvalue weighted by Gasteiger charge is -2.32. The van der Waals surface area contributed by atoms with Gasteiger partial charge < -0.3 is 4.90 Å². The van der Waals surface area contributed by atoms with Crippen molar-refractivity contribution in [2.45, 2.75) is 37.5 Å². The summed E-state index contributed by atoms with van der Waals surface area (Å²) in [5, 5.41) is 0. The van der Waals surface area contributed by atoms with Crippen LogP contribution in [0.25, 0.3) is 0 Å². The van der Waals surface area contributed by atoms with E-state index in [0.717, 1.165) is 11.3 Å². The zero-order chi connectivity index (χ0) is 20.3. The Labute approximate surface area is 168 Å². The Hall–Kier alpha value is -2.18. The summed E-state index contributed by atoms with van der Waals surface area (Å²) in [7, 11) is -1.74. The number of nitrogens with zero attached hydrogens (tertiary/aromatic N) is 2. The molecule has 6 heteroatoms. The van der Waals surface area contributed by atoms with Gasteiger partial charge in [0.15, 0.2) is 0 Å². The summed E-state index contributed by atoms with van der Waals surface area (Å²) in [5.41, 5.74) is 1.97. The number of para-hydroxylation sites is 1. The van der Waals surface area contributed by atoms with E-state index in [2.05, 4.69) is 13.8 Å². The number of benzene rings is 2. The molecule has 0 aromatic heterocycles. The molecular weight excluding hydrogens is 372 g/mol. The van der Waals surface area contributed by atoms with Gasteiger partial charge in [-0.3, -0.25) is 4.79 Å². The second kappa shape index (κ2) is 8.45. The van der Waals surface area contributed by atoms with E-state index >= 15 is 0 Å². The van der Waals surface area contributed by atoms with Gasteiger partial charge in [0.1, 0.15) is 0 Å². The molecule has 2 aromatic rings. The molecular formula is C22H28N2O3S. The van der Waals surface area contributed by atoms with Gasteiger partial charge in [0.05, 0.1) is 4.90 Å². The normalized spacial score (nSPS) is 16.3. The highest BCUT2D eigenvalue weighted by atomic mass is 32.2. The van der Waals surface area contributed by atoms with Crippen LogP contribution in [0, 0.1) is 5.92 Å². The molecule has 1 amide bonds. The van der Waals surface area contributed by atoms with E-state index in [0.29, 0.717) is 36.7 Å². The van der Waals surface area contributed by atoms with Gasteiger partial charge in [-0.25, -0.2) is 8.42 Å². The minimum atomic E-state index is -3.52. The monoisotopic (exact) mass is 400 g/mol. The standard InChI is InChI=1S/C22H28N2O3S/c1-17(2)18-9-11-21(12-10-18)28(26,27)24-15-13-19(14-16-24)22(25)23(3)20-7-5-4-6-8-20/h4-12,17,19H,13-16H2,1-3H3. The number of rotatable bonds is 5. The molecule has 1 fully saturated rings. The summed E-state index contributed by atoms with van der Waals surface area (Å²) in [6, 6.07) is 16.6. The molecule has 0 aliphatic carbocycles. The van der Waals surface area contributed by atoms with Crippen LogP contribution in [-0.2, 0) is 14.8 Å². The third-order valence-corrected chi connectivity index (χ3v) is 7.37. The number of anilines is 1. The van der Waals surface area contributed by atoms with Crippen LogP contribution in [0.1, 0.15) is 38.2 Å². The Morgan fingerprint density at radius 1 is 1.00 bits per heavy atom. The maximum absolute atomic E-state index is 12.9. The van der Waals surface area contributed by atoms with Crippen LogP contribution in [-0.4, -0.2) is 38.8 Å². The molecule has 28 heavy (non-hydrogen) atoms. The summed E-state index contributed by atoms with van der Waals surface area (Å²) in [5.74, 6) is 0.254. The van der Waals surface area contributed by atoms with Crippen LogP contribution in [0.4, 0.5) is 5.69 Å². The van der Waals surface area contributed by atoms with Crippen molar-refractivity contribution in [1.29, 1.82) is 0 Å². The molecule has 2 aromatic carbocycles. The lowest BCUT2D eigenvalue weighted by Crippen LogP contribution is -2.43. The fraction of sp³-hybridized carbons (Fsp3) is 0.409.